The Balaban J connectivity index is 2.52. The van der Waals surface area contributed by atoms with Crippen molar-refractivity contribution in [1.29, 1.82) is 0 Å². The molecule has 0 unspecified atom stereocenters. The third-order valence-corrected chi connectivity index (χ3v) is 2.80. The van der Waals surface area contributed by atoms with Crippen LogP contribution in [0.3, 0.4) is 0 Å². The summed E-state index contributed by atoms with van der Waals surface area (Å²) in [5.74, 6) is 0.366. The lowest BCUT2D eigenvalue weighted by Gasteiger charge is -2.18. The SMILES string of the molecule is CC(=O)Nc1nc(-c2ccccc2)c(C(C)(C)C)[nH]1. The van der Waals surface area contributed by atoms with Crippen molar-refractivity contribution < 1.29 is 4.79 Å². The van der Waals surface area contributed by atoms with Crippen molar-refractivity contribution in [1.82, 2.24) is 9.97 Å². The van der Waals surface area contributed by atoms with Gasteiger partial charge in [-0.1, -0.05) is 51.1 Å². The highest BCUT2D eigenvalue weighted by Crippen LogP contribution is 2.32. The summed E-state index contributed by atoms with van der Waals surface area (Å²) in [6.07, 6.45) is 0. The van der Waals surface area contributed by atoms with Crippen LogP contribution in [0.25, 0.3) is 11.3 Å². The quantitative estimate of drug-likeness (QED) is 0.867. The van der Waals surface area contributed by atoms with E-state index in [9.17, 15) is 4.79 Å². The molecule has 0 fully saturated rings. The molecule has 1 aromatic heterocycles. The van der Waals surface area contributed by atoms with E-state index in [4.69, 9.17) is 0 Å². The van der Waals surface area contributed by atoms with Crippen molar-refractivity contribution in [3.8, 4) is 11.3 Å². The average Bonchev–Trinajstić information content (AvgIpc) is 2.73. The number of nitrogens with zero attached hydrogens (tertiary/aromatic N) is 1. The van der Waals surface area contributed by atoms with Gasteiger partial charge in [0.15, 0.2) is 0 Å². The number of amides is 1. The second-order valence-corrected chi connectivity index (χ2v) is 5.61. The molecule has 4 heteroatoms. The number of carbonyl (C=O) groups is 1. The van der Waals surface area contributed by atoms with E-state index in [0.717, 1.165) is 17.0 Å². The molecule has 1 aromatic carbocycles. The van der Waals surface area contributed by atoms with Gasteiger partial charge >= 0.3 is 0 Å². The topological polar surface area (TPSA) is 57.8 Å². The van der Waals surface area contributed by atoms with Crippen LogP contribution in [0, 0.1) is 0 Å². The van der Waals surface area contributed by atoms with Crippen LogP contribution in [0.2, 0.25) is 0 Å². The summed E-state index contributed by atoms with van der Waals surface area (Å²) in [6.45, 7) is 7.82. The number of H-pyrrole nitrogens is 1. The first-order valence-electron chi connectivity index (χ1n) is 6.31. The molecule has 2 N–H and O–H groups in total. The lowest BCUT2D eigenvalue weighted by Crippen LogP contribution is -2.13. The zero-order valence-corrected chi connectivity index (χ0v) is 11.7. The molecule has 0 saturated heterocycles. The van der Waals surface area contributed by atoms with Crippen LogP contribution in [-0.4, -0.2) is 15.9 Å². The van der Waals surface area contributed by atoms with E-state index in [1.807, 2.05) is 30.3 Å². The maximum atomic E-state index is 11.1. The van der Waals surface area contributed by atoms with Gasteiger partial charge in [0.1, 0.15) is 0 Å². The van der Waals surface area contributed by atoms with Gasteiger partial charge in [-0.2, -0.15) is 0 Å². The maximum Gasteiger partial charge on any atom is 0.223 e. The summed E-state index contributed by atoms with van der Waals surface area (Å²) in [4.78, 5) is 18.9. The fraction of sp³-hybridized carbons (Fsp3) is 0.333. The Hall–Kier alpha value is -2.10. The number of aromatic nitrogens is 2. The molecular weight excluding hydrogens is 238 g/mol. The Bertz CT molecular complexity index is 579. The number of anilines is 1. The van der Waals surface area contributed by atoms with Gasteiger partial charge in [0.05, 0.1) is 5.69 Å². The Morgan fingerprint density at radius 3 is 2.37 bits per heavy atom. The fourth-order valence-electron chi connectivity index (χ4n) is 1.95. The third kappa shape index (κ3) is 3.02. The van der Waals surface area contributed by atoms with Gasteiger partial charge in [-0.15, -0.1) is 0 Å². The van der Waals surface area contributed by atoms with Crippen LogP contribution < -0.4 is 5.32 Å². The van der Waals surface area contributed by atoms with Gasteiger partial charge in [-0.3, -0.25) is 10.1 Å². The summed E-state index contributed by atoms with van der Waals surface area (Å²) in [5, 5.41) is 2.70. The monoisotopic (exact) mass is 257 g/mol. The summed E-state index contributed by atoms with van der Waals surface area (Å²) >= 11 is 0. The highest BCUT2D eigenvalue weighted by Gasteiger charge is 2.23. The number of carbonyl (C=O) groups excluding carboxylic acids is 1. The van der Waals surface area contributed by atoms with Crippen molar-refractivity contribution in [3.05, 3.63) is 36.0 Å². The number of rotatable bonds is 2. The van der Waals surface area contributed by atoms with Gasteiger partial charge in [0.25, 0.3) is 0 Å². The molecule has 0 atom stereocenters. The molecule has 0 aliphatic rings. The zero-order valence-electron chi connectivity index (χ0n) is 11.7. The van der Waals surface area contributed by atoms with E-state index in [2.05, 4.69) is 36.1 Å². The van der Waals surface area contributed by atoms with Crippen LogP contribution in [-0.2, 0) is 10.2 Å². The lowest BCUT2D eigenvalue weighted by molar-refractivity contribution is -0.114. The molecule has 0 aliphatic heterocycles. The van der Waals surface area contributed by atoms with Gasteiger partial charge in [0.2, 0.25) is 11.9 Å². The molecule has 0 saturated carbocycles. The first-order valence-corrected chi connectivity index (χ1v) is 6.31. The molecule has 1 heterocycles. The Morgan fingerprint density at radius 1 is 1.21 bits per heavy atom. The van der Waals surface area contributed by atoms with E-state index in [0.29, 0.717) is 5.95 Å². The highest BCUT2D eigenvalue weighted by molar-refractivity contribution is 5.87. The number of hydrogen-bond acceptors (Lipinski definition) is 2. The van der Waals surface area contributed by atoms with E-state index < -0.39 is 0 Å². The summed E-state index contributed by atoms with van der Waals surface area (Å²) in [6, 6.07) is 9.97. The normalized spacial score (nSPS) is 11.4. The number of nitrogens with one attached hydrogen (secondary N) is 2. The van der Waals surface area contributed by atoms with Gasteiger partial charge < -0.3 is 4.98 Å². The van der Waals surface area contributed by atoms with Crippen LogP contribution in [0.5, 0.6) is 0 Å². The molecule has 19 heavy (non-hydrogen) atoms. The minimum Gasteiger partial charge on any atom is -0.327 e. The smallest absolute Gasteiger partial charge is 0.223 e. The molecule has 2 aromatic rings. The second-order valence-electron chi connectivity index (χ2n) is 5.61. The van der Waals surface area contributed by atoms with Crippen LogP contribution in [0.1, 0.15) is 33.4 Å². The summed E-state index contributed by atoms with van der Waals surface area (Å²) in [5.41, 5.74) is 2.87. The Kier molecular flexibility index (Phi) is 3.42. The molecule has 4 nitrogen and oxygen atoms in total. The molecule has 0 spiro atoms. The second kappa shape index (κ2) is 4.88. The average molecular weight is 257 g/mol. The minimum atomic E-state index is -0.131. The van der Waals surface area contributed by atoms with Gasteiger partial charge in [-0.05, 0) is 0 Å². The van der Waals surface area contributed by atoms with Crippen molar-refractivity contribution in [2.24, 2.45) is 0 Å². The number of hydrogen-bond donors (Lipinski definition) is 2. The fourth-order valence-corrected chi connectivity index (χ4v) is 1.95. The molecule has 0 aliphatic carbocycles. The number of imidazole rings is 1. The molecule has 2 rings (SSSR count). The number of aromatic amines is 1. The largest absolute Gasteiger partial charge is 0.327 e. The van der Waals surface area contributed by atoms with Gasteiger partial charge in [-0.25, -0.2) is 4.98 Å². The third-order valence-electron chi connectivity index (χ3n) is 2.80. The van der Waals surface area contributed by atoms with Crippen molar-refractivity contribution in [2.45, 2.75) is 33.1 Å². The summed E-state index contributed by atoms with van der Waals surface area (Å²) in [7, 11) is 0. The molecule has 100 valence electrons. The van der Waals surface area contributed by atoms with Crippen LogP contribution in [0.15, 0.2) is 30.3 Å². The van der Waals surface area contributed by atoms with E-state index in [1.165, 1.54) is 6.92 Å². The zero-order chi connectivity index (χ0) is 14.0. The van der Waals surface area contributed by atoms with E-state index in [1.54, 1.807) is 0 Å². The summed E-state index contributed by atoms with van der Waals surface area (Å²) < 4.78 is 0. The Labute approximate surface area is 113 Å². The highest BCUT2D eigenvalue weighted by atomic mass is 16.1. The first-order chi connectivity index (χ1) is 8.88. The van der Waals surface area contributed by atoms with Crippen LogP contribution >= 0.6 is 0 Å². The molecule has 0 radical (unpaired) electrons. The van der Waals surface area contributed by atoms with E-state index >= 15 is 0 Å². The Morgan fingerprint density at radius 2 is 1.84 bits per heavy atom. The van der Waals surface area contributed by atoms with Crippen LogP contribution in [0.4, 0.5) is 5.95 Å². The maximum absolute atomic E-state index is 11.1. The predicted octanol–water partition coefficient (Wildman–Crippen LogP) is 3.33. The van der Waals surface area contributed by atoms with E-state index in [-0.39, 0.29) is 11.3 Å². The van der Waals surface area contributed by atoms with Crippen molar-refractivity contribution in [2.75, 3.05) is 5.32 Å². The minimum absolute atomic E-state index is 0.0745. The van der Waals surface area contributed by atoms with Gasteiger partial charge in [0, 0.05) is 23.6 Å². The first kappa shape index (κ1) is 13.3. The predicted molar refractivity (Wildman–Crippen MR) is 77.0 cm³/mol. The van der Waals surface area contributed by atoms with Crippen molar-refractivity contribution in [3.63, 3.8) is 0 Å². The standard InChI is InChI=1S/C15H19N3O/c1-10(19)16-14-17-12(11-8-6-5-7-9-11)13(18-14)15(2,3)4/h5-9H,1-4H3,(H2,16,17,18,19). The molecule has 1 amide bonds. The lowest BCUT2D eigenvalue weighted by atomic mass is 9.89. The number of benzene rings is 1. The van der Waals surface area contributed by atoms with Crippen molar-refractivity contribution >= 4 is 11.9 Å². The molecule has 0 bridgehead atoms. The molecular formula is C15H19N3O.